The van der Waals surface area contributed by atoms with Crippen LogP contribution >= 0.6 is 0 Å². The van der Waals surface area contributed by atoms with E-state index in [2.05, 4.69) is 5.32 Å². The lowest BCUT2D eigenvalue weighted by Crippen LogP contribution is -2.56. The van der Waals surface area contributed by atoms with E-state index >= 15 is 0 Å². The van der Waals surface area contributed by atoms with Crippen molar-refractivity contribution in [1.29, 1.82) is 0 Å². The number of amides is 2. The molecule has 1 aliphatic rings. The van der Waals surface area contributed by atoms with Crippen LogP contribution < -0.4 is 11.1 Å². The summed E-state index contributed by atoms with van der Waals surface area (Å²) in [6.45, 7) is 6.43. The third-order valence-electron chi connectivity index (χ3n) is 2.74. The summed E-state index contributed by atoms with van der Waals surface area (Å²) in [7, 11) is 0. The van der Waals surface area contributed by atoms with Crippen LogP contribution in [0.1, 0.15) is 33.6 Å². The van der Waals surface area contributed by atoms with Crippen molar-refractivity contribution in [3.8, 4) is 0 Å². The maximum atomic E-state index is 12.1. The first-order valence-electron chi connectivity index (χ1n) is 5.48. The molecule has 92 valence electrons. The second kappa shape index (κ2) is 4.41. The van der Waals surface area contributed by atoms with Crippen molar-refractivity contribution in [1.82, 2.24) is 5.32 Å². The second-order valence-electron chi connectivity index (χ2n) is 5.26. The quantitative estimate of drug-likeness (QED) is 0.662. The van der Waals surface area contributed by atoms with Crippen molar-refractivity contribution >= 4 is 11.8 Å². The molecule has 0 saturated carbocycles. The lowest BCUT2D eigenvalue weighted by atomic mass is 9.78. The summed E-state index contributed by atoms with van der Waals surface area (Å²) in [5.74, 6) is -0.839. The molecule has 1 saturated heterocycles. The highest BCUT2D eigenvalue weighted by molar-refractivity contribution is 6.04. The summed E-state index contributed by atoms with van der Waals surface area (Å²) >= 11 is 0. The normalized spacial score (nSPS) is 20.2. The molecule has 0 aromatic rings. The van der Waals surface area contributed by atoms with Crippen LogP contribution in [-0.4, -0.2) is 30.6 Å². The Morgan fingerprint density at radius 1 is 1.25 bits per heavy atom. The van der Waals surface area contributed by atoms with Gasteiger partial charge in [0.1, 0.15) is 5.41 Å². The summed E-state index contributed by atoms with van der Waals surface area (Å²) in [6, 6.07) is 0. The zero-order valence-electron chi connectivity index (χ0n) is 10.1. The van der Waals surface area contributed by atoms with E-state index in [1.54, 1.807) is 0 Å². The summed E-state index contributed by atoms with van der Waals surface area (Å²) in [5.41, 5.74) is 3.91. The van der Waals surface area contributed by atoms with E-state index in [1.807, 2.05) is 20.8 Å². The van der Waals surface area contributed by atoms with Crippen LogP contribution in [0.15, 0.2) is 0 Å². The first-order valence-corrected chi connectivity index (χ1v) is 5.48. The van der Waals surface area contributed by atoms with Gasteiger partial charge < -0.3 is 15.8 Å². The number of ether oxygens (including phenoxy) is 1. The minimum absolute atomic E-state index is 0.282. The lowest BCUT2D eigenvalue weighted by molar-refractivity contribution is -0.149. The first kappa shape index (κ1) is 13.0. The lowest BCUT2D eigenvalue weighted by Gasteiger charge is -2.35. The average molecular weight is 228 g/mol. The Hall–Kier alpha value is -1.10. The standard InChI is InChI=1S/C11H20N2O3/c1-10(2,3)13-9(15)11(8(12)14)4-6-16-7-5-11/h4-7H2,1-3H3,(H2,12,14)(H,13,15). The van der Waals surface area contributed by atoms with E-state index in [0.717, 1.165) is 0 Å². The Morgan fingerprint density at radius 3 is 2.12 bits per heavy atom. The van der Waals surface area contributed by atoms with Crippen LogP contribution in [0.2, 0.25) is 0 Å². The van der Waals surface area contributed by atoms with Crippen LogP contribution in [0.5, 0.6) is 0 Å². The van der Waals surface area contributed by atoms with Gasteiger partial charge in [-0.2, -0.15) is 0 Å². The fourth-order valence-electron chi connectivity index (χ4n) is 1.77. The number of hydrogen-bond acceptors (Lipinski definition) is 3. The molecule has 1 fully saturated rings. The van der Waals surface area contributed by atoms with Gasteiger partial charge in [-0.15, -0.1) is 0 Å². The largest absolute Gasteiger partial charge is 0.381 e. The Morgan fingerprint density at radius 2 is 1.75 bits per heavy atom. The number of primary amides is 1. The molecule has 2 amide bonds. The number of hydrogen-bond donors (Lipinski definition) is 2. The zero-order valence-corrected chi connectivity index (χ0v) is 10.1. The van der Waals surface area contributed by atoms with Gasteiger partial charge >= 0.3 is 0 Å². The van der Waals surface area contributed by atoms with Gasteiger partial charge in [0.25, 0.3) is 0 Å². The summed E-state index contributed by atoms with van der Waals surface area (Å²) in [6.07, 6.45) is 0.731. The molecule has 0 aromatic heterocycles. The van der Waals surface area contributed by atoms with Crippen molar-refractivity contribution in [2.75, 3.05) is 13.2 Å². The Bertz CT molecular complexity index is 288. The molecule has 0 unspecified atom stereocenters. The Kier molecular flexibility index (Phi) is 3.57. The maximum Gasteiger partial charge on any atom is 0.236 e. The topological polar surface area (TPSA) is 81.4 Å². The van der Waals surface area contributed by atoms with E-state index in [4.69, 9.17) is 10.5 Å². The maximum absolute atomic E-state index is 12.1. The summed E-state index contributed by atoms with van der Waals surface area (Å²) in [5, 5.41) is 2.82. The molecule has 1 heterocycles. The highest BCUT2D eigenvalue weighted by Crippen LogP contribution is 2.31. The van der Waals surface area contributed by atoms with Crippen molar-refractivity contribution in [2.24, 2.45) is 11.1 Å². The predicted molar refractivity (Wildman–Crippen MR) is 59.6 cm³/mol. The van der Waals surface area contributed by atoms with Crippen molar-refractivity contribution in [3.63, 3.8) is 0 Å². The number of nitrogens with two attached hydrogens (primary N) is 1. The van der Waals surface area contributed by atoms with E-state index in [9.17, 15) is 9.59 Å². The first-order chi connectivity index (χ1) is 7.28. The Balaban J connectivity index is 2.85. The van der Waals surface area contributed by atoms with Crippen LogP contribution in [0, 0.1) is 5.41 Å². The fourth-order valence-corrected chi connectivity index (χ4v) is 1.77. The minimum atomic E-state index is -1.09. The zero-order chi connectivity index (χ0) is 12.4. The molecule has 0 aliphatic carbocycles. The van der Waals surface area contributed by atoms with Crippen LogP contribution in [0.4, 0.5) is 0 Å². The number of carbonyl (C=O) groups is 2. The van der Waals surface area contributed by atoms with Gasteiger partial charge in [-0.1, -0.05) is 0 Å². The molecule has 1 aliphatic heterocycles. The molecule has 0 radical (unpaired) electrons. The smallest absolute Gasteiger partial charge is 0.236 e. The predicted octanol–water partition coefficient (Wildman–Crippen LogP) is 0.183. The number of rotatable bonds is 2. The molecular weight excluding hydrogens is 208 g/mol. The molecule has 0 bridgehead atoms. The van der Waals surface area contributed by atoms with Crippen molar-refractivity contribution in [2.45, 2.75) is 39.2 Å². The SMILES string of the molecule is CC(C)(C)NC(=O)C1(C(N)=O)CCOCC1. The van der Waals surface area contributed by atoms with Crippen molar-refractivity contribution < 1.29 is 14.3 Å². The van der Waals surface area contributed by atoms with Gasteiger partial charge in [0.05, 0.1) is 0 Å². The summed E-state index contributed by atoms with van der Waals surface area (Å²) in [4.78, 5) is 23.6. The van der Waals surface area contributed by atoms with Crippen molar-refractivity contribution in [3.05, 3.63) is 0 Å². The molecule has 0 aromatic carbocycles. The summed E-state index contributed by atoms with van der Waals surface area (Å²) < 4.78 is 5.17. The van der Waals surface area contributed by atoms with Crippen LogP contribution in [-0.2, 0) is 14.3 Å². The molecule has 3 N–H and O–H groups in total. The van der Waals surface area contributed by atoms with Gasteiger partial charge in [0.2, 0.25) is 11.8 Å². The third kappa shape index (κ3) is 2.72. The molecule has 16 heavy (non-hydrogen) atoms. The molecule has 0 spiro atoms. The third-order valence-corrected chi connectivity index (χ3v) is 2.74. The highest BCUT2D eigenvalue weighted by Gasteiger charge is 2.46. The average Bonchev–Trinajstić information content (AvgIpc) is 2.16. The fraction of sp³-hybridized carbons (Fsp3) is 0.818. The van der Waals surface area contributed by atoms with Gasteiger partial charge in [0, 0.05) is 18.8 Å². The molecule has 5 nitrogen and oxygen atoms in total. The number of carbonyl (C=O) groups excluding carboxylic acids is 2. The molecule has 0 atom stereocenters. The van der Waals surface area contributed by atoms with Gasteiger partial charge in [-0.3, -0.25) is 9.59 Å². The molecule has 5 heteroatoms. The van der Waals surface area contributed by atoms with E-state index in [0.29, 0.717) is 26.1 Å². The highest BCUT2D eigenvalue weighted by atomic mass is 16.5. The Labute approximate surface area is 95.7 Å². The number of nitrogens with one attached hydrogen (secondary N) is 1. The van der Waals surface area contributed by atoms with E-state index < -0.39 is 11.3 Å². The van der Waals surface area contributed by atoms with Gasteiger partial charge in [-0.25, -0.2) is 0 Å². The van der Waals surface area contributed by atoms with Crippen LogP contribution in [0.3, 0.4) is 0 Å². The van der Waals surface area contributed by atoms with E-state index in [-0.39, 0.29) is 11.4 Å². The van der Waals surface area contributed by atoms with Gasteiger partial charge in [-0.05, 0) is 33.6 Å². The minimum Gasteiger partial charge on any atom is -0.381 e. The van der Waals surface area contributed by atoms with Gasteiger partial charge in [0.15, 0.2) is 0 Å². The van der Waals surface area contributed by atoms with Crippen LogP contribution in [0.25, 0.3) is 0 Å². The van der Waals surface area contributed by atoms with E-state index in [1.165, 1.54) is 0 Å². The molecule has 1 rings (SSSR count). The molecular formula is C11H20N2O3. The monoisotopic (exact) mass is 228 g/mol. The second-order valence-corrected chi connectivity index (χ2v) is 5.26.